The molecule has 0 saturated carbocycles. The number of nitrogens with zero attached hydrogens (tertiary/aromatic N) is 4. The second-order valence-electron chi connectivity index (χ2n) is 5.99. The van der Waals surface area contributed by atoms with Crippen LogP contribution in [0.3, 0.4) is 0 Å². The molecular weight excluding hydrogens is 360 g/mol. The molecule has 2 N–H and O–H groups in total. The van der Waals surface area contributed by atoms with E-state index in [1.165, 1.54) is 0 Å². The highest BCUT2D eigenvalue weighted by Gasteiger charge is 2.08. The van der Waals surface area contributed by atoms with Gasteiger partial charge < -0.3 is 9.64 Å². The minimum absolute atomic E-state index is 0.430. The van der Waals surface area contributed by atoms with Crippen LogP contribution in [0.25, 0.3) is 11.4 Å². The number of rotatable bonds is 7. The lowest BCUT2D eigenvalue weighted by Gasteiger charge is -2.11. The zero-order chi connectivity index (χ0) is 19.2. The Morgan fingerprint density at radius 1 is 1.19 bits per heavy atom. The Hall–Kier alpha value is -3.13. The Bertz CT molecular complexity index is 957. The first-order valence-corrected chi connectivity index (χ1v) is 8.96. The van der Waals surface area contributed by atoms with E-state index in [1.807, 2.05) is 74.4 Å². The lowest BCUT2D eigenvalue weighted by Crippen LogP contribution is -2.11. The first-order chi connectivity index (χ1) is 13.1. The van der Waals surface area contributed by atoms with Gasteiger partial charge in [-0.25, -0.2) is 10.6 Å². The number of aromatic nitrogens is 3. The fourth-order valence-electron chi connectivity index (χ4n) is 2.47. The van der Waals surface area contributed by atoms with Crippen molar-refractivity contribution in [2.24, 2.45) is 5.10 Å². The summed E-state index contributed by atoms with van der Waals surface area (Å²) in [5.41, 5.74) is 5.94. The minimum atomic E-state index is 0.430. The van der Waals surface area contributed by atoms with Crippen LogP contribution < -0.4 is 15.2 Å². The maximum Gasteiger partial charge on any atom is 0.216 e. The van der Waals surface area contributed by atoms with Crippen molar-refractivity contribution in [3.8, 4) is 17.1 Å². The van der Waals surface area contributed by atoms with E-state index < -0.39 is 0 Å². The number of H-pyrrole nitrogens is 1. The van der Waals surface area contributed by atoms with Gasteiger partial charge in [0.05, 0.1) is 12.8 Å². The summed E-state index contributed by atoms with van der Waals surface area (Å²) in [5, 5.41) is 11.3. The zero-order valence-corrected chi connectivity index (χ0v) is 16.3. The molecular formula is C19H22N6OS. The molecule has 7 nitrogen and oxygen atoms in total. The average Bonchev–Trinajstić information content (AvgIpc) is 3.04. The number of nitrogens with one attached hydrogen (secondary N) is 2. The van der Waals surface area contributed by atoms with E-state index >= 15 is 0 Å². The summed E-state index contributed by atoms with van der Waals surface area (Å²) in [6, 6.07) is 15.7. The van der Waals surface area contributed by atoms with Crippen molar-refractivity contribution >= 4 is 24.1 Å². The summed E-state index contributed by atoms with van der Waals surface area (Å²) < 4.78 is 7.52. The molecule has 0 fully saturated rings. The van der Waals surface area contributed by atoms with Gasteiger partial charge in [-0.3, -0.25) is 0 Å². The zero-order valence-electron chi connectivity index (χ0n) is 15.5. The van der Waals surface area contributed by atoms with Crippen LogP contribution in [-0.2, 0) is 0 Å². The highest BCUT2D eigenvalue weighted by Crippen LogP contribution is 2.20. The van der Waals surface area contributed by atoms with Gasteiger partial charge in [0, 0.05) is 25.3 Å². The molecule has 0 atom stereocenters. The number of hydrazone groups is 1. The molecule has 0 saturated heterocycles. The number of hydrogen-bond acceptors (Lipinski definition) is 6. The van der Waals surface area contributed by atoms with Crippen LogP contribution in [-0.4, -0.2) is 41.8 Å². The van der Waals surface area contributed by atoms with Gasteiger partial charge >= 0.3 is 0 Å². The molecule has 0 aliphatic heterocycles. The molecule has 0 radical (unpaired) electrons. The third kappa shape index (κ3) is 4.53. The van der Waals surface area contributed by atoms with Gasteiger partial charge in [-0.05, 0) is 61.1 Å². The van der Waals surface area contributed by atoms with E-state index in [2.05, 4.69) is 20.8 Å². The van der Waals surface area contributed by atoms with E-state index in [9.17, 15) is 0 Å². The van der Waals surface area contributed by atoms with Gasteiger partial charge in [0.25, 0.3) is 0 Å². The topological polar surface area (TPSA) is 70.5 Å². The van der Waals surface area contributed by atoms with Crippen molar-refractivity contribution in [3.63, 3.8) is 0 Å². The number of ether oxygens (including phenoxy) is 1. The Balaban J connectivity index is 1.75. The maximum absolute atomic E-state index is 5.47. The number of hydrogen-bond donors (Lipinski definition) is 2. The fraction of sp³-hybridized carbons (Fsp3) is 0.211. The Kier molecular flexibility index (Phi) is 5.87. The van der Waals surface area contributed by atoms with Crippen LogP contribution in [0.5, 0.6) is 5.75 Å². The van der Waals surface area contributed by atoms with Crippen molar-refractivity contribution < 1.29 is 4.74 Å². The molecule has 2 aromatic carbocycles. The Morgan fingerprint density at radius 3 is 2.52 bits per heavy atom. The summed E-state index contributed by atoms with van der Waals surface area (Å²) in [4.78, 5) is 2.05. The highest BCUT2D eigenvalue weighted by atomic mass is 32.1. The molecule has 140 valence electrons. The van der Waals surface area contributed by atoms with E-state index in [1.54, 1.807) is 10.9 Å². The Morgan fingerprint density at radius 2 is 1.89 bits per heavy atom. The second kappa shape index (κ2) is 8.50. The molecule has 1 heterocycles. The highest BCUT2D eigenvalue weighted by molar-refractivity contribution is 7.71. The van der Waals surface area contributed by atoms with E-state index in [0.717, 1.165) is 22.6 Å². The van der Waals surface area contributed by atoms with Crippen molar-refractivity contribution in [1.82, 2.24) is 14.9 Å². The summed E-state index contributed by atoms with van der Waals surface area (Å²) in [6.07, 6.45) is 1.73. The van der Waals surface area contributed by atoms with E-state index in [-0.39, 0.29) is 0 Å². The van der Waals surface area contributed by atoms with Crippen molar-refractivity contribution in [2.45, 2.75) is 6.92 Å². The van der Waals surface area contributed by atoms with Crippen molar-refractivity contribution in [2.75, 3.05) is 31.1 Å². The average molecular weight is 382 g/mol. The predicted molar refractivity (Wildman–Crippen MR) is 112 cm³/mol. The summed E-state index contributed by atoms with van der Waals surface area (Å²) in [7, 11) is 4.02. The Labute approximate surface area is 163 Å². The van der Waals surface area contributed by atoms with E-state index in [0.29, 0.717) is 17.2 Å². The van der Waals surface area contributed by atoms with E-state index in [4.69, 9.17) is 17.0 Å². The van der Waals surface area contributed by atoms with Crippen molar-refractivity contribution in [3.05, 3.63) is 58.9 Å². The first-order valence-electron chi connectivity index (χ1n) is 8.55. The molecule has 0 bridgehead atoms. The van der Waals surface area contributed by atoms with Gasteiger partial charge in [0.1, 0.15) is 5.75 Å². The maximum atomic E-state index is 5.47. The molecule has 0 unspecified atom stereocenters. The molecule has 0 aliphatic carbocycles. The molecule has 0 amide bonds. The summed E-state index contributed by atoms with van der Waals surface area (Å²) >= 11 is 5.29. The monoisotopic (exact) mass is 382 g/mol. The van der Waals surface area contributed by atoms with Crippen LogP contribution >= 0.6 is 12.2 Å². The van der Waals surface area contributed by atoms with Crippen LogP contribution in [0, 0.1) is 4.77 Å². The predicted octanol–water partition coefficient (Wildman–Crippen LogP) is 3.65. The quantitative estimate of drug-likeness (QED) is 0.371. The van der Waals surface area contributed by atoms with Crippen LogP contribution in [0.15, 0.2) is 53.6 Å². The molecule has 3 aromatic rings. The lowest BCUT2D eigenvalue weighted by molar-refractivity contribution is 0.340. The van der Waals surface area contributed by atoms with Crippen LogP contribution in [0.1, 0.15) is 12.5 Å². The third-order valence-corrected chi connectivity index (χ3v) is 4.15. The number of anilines is 1. The summed E-state index contributed by atoms with van der Waals surface area (Å²) in [5.74, 6) is 1.46. The van der Waals surface area contributed by atoms with Gasteiger partial charge in [0.2, 0.25) is 4.77 Å². The fourth-order valence-corrected chi connectivity index (χ4v) is 2.64. The molecule has 0 aliphatic rings. The van der Waals surface area contributed by atoms with Crippen LogP contribution in [0.4, 0.5) is 5.69 Å². The largest absolute Gasteiger partial charge is 0.494 e. The normalized spacial score (nSPS) is 10.9. The minimum Gasteiger partial charge on any atom is -0.494 e. The standard InChI is InChI=1S/C19H22N6OS/c1-4-26-17-11-7-15(8-12-17)18-21-22-19(27)25(18)23-20-13-14-5-9-16(10-6-14)24(2)3/h5-13,23H,4H2,1-3H3,(H,22,27)/b20-13+. The van der Waals surface area contributed by atoms with Gasteiger partial charge in [0.15, 0.2) is 5.82 Å². The number of benzene rings is 2. The summed E-state index contributed by atoms with van der Waals surface area (Å²) in [6.45, 7) is 2.58. The third-order valence-electron chi connectivity index (χ3n) is 3.88. The molecule has 0 spiro atoms. The molecule has 3 rings (SSSR count). The second-order valence-corrected chi connectivity index (χ2v) is 6.38. The van der Waals surface area contributed by atoms with Crippen LogP contribution in [0.2, 0.25) is 0 Å². The first kappa shape index (κ1) is 18.7. The SMILES string of the molecule is CCOc1ccc(-c2n[nH]c(=S)n2N/N=C/c2ccc(N(C)C)cc2)cc1. The van der Waals surface area contributed by atoms with Gasteiger partial charge in [-0.15, -0.1) is 0 Å². The smallest absolute Gasteiger partial charge is 0.216 e. The van der Waals surface area contributed by atoms with Gasteiger partial charge in [-0.2, -0.15) is 14.9 Å². The number of aromatic amines is 1. The molecule has 1 aromatic heterocycles. The molecule has 27 heavy (non-hydrogen) atoms. The lowest BCUT2D eigenvalue weighted by atomic mass is 10.2. The van der Waals surface area contributed by atoms with Crippen molar-refractivity contribution in [1.29, 1.82) is 0 Å². The molecule has 8 heteroatoms. The van der Waals surface area contributed by atoms with Gasteiger partial charge in [-0.1, -0.05) is 12.1 Å².